The summed E-state index contributed by atoms with van der Waals surface area (Å²) in [4.78, 5) is 122. The minimum atomic E-state index is -1.41. The lowest BCUT2D eigenvalue weighted by Crippen LogP contribution is -2.61. The van der Waals surface area contributed by atoms with Gasteiger partial charge in [-0.2, -0.15) is 4.91 Å². The number of carbonyl (C=O) groups is 8. The molecule has 5 atom stereocenters. The molecule has 3 aliphatic rings. The summed E-state index contributed by atoms with van der Waals surface area (Å²) in [5.41, 5.74) is 0.481. The molecular formula is C28H37N9O12. The summed E-state index contributed by atoms with van der Waals surface area (Å²) in [6.45, 7) is -0.406. The van der Waals surface area contributed by atoms with Crippen molar-refractivity contribution in [1.82, 2.24) is 40.6 Å². The van der Waals surface area contributed by atoms with E-state index in [-0.39, 0.29) is 58.5 Å². The van der Waals surface area contributed by atoms with E-state index in [0.717, 1.165) is 0 Å². The highest BCUT2D eigenvalue weighted by atomic mass is 16.5. The normalized spacial score (nSPS) is 21.3. The van der Waals surface area contributed by atoms with Gasteiger partial charge in [0, 0.05) is 63.8 Å². The molecule has 0 radical (unpaired) electrons. The third kappa shape index (κ3) is 9.33. The van der Waals surface area contributed by atoms with Gasteiger partial charge in [0.1, 0.15) is 24.2 Å². The fourth-order valence-corrected chi connectivity index (χ4v) is 5.86. The van der Waals surface area contributed by atoms with Crippen molar-refractivity contribution in [2.45, 2.75) is 68.7 Å². The number of urea groups is 1. The van der Waals surface area contributed by atoms with Gasteiger partial charge in [0.05, 0.1) is 31.9 Å². The molecule has 0 spiro atoms. The number of nitroso groups, excluding NO2 is 1. The lowest BCUT2D eigenvalue weighted by molar-refractivity contribution is -0.146. The molecule has 0 saturated carbocycles. The van der Waals surface area contributed by atoms with Crippen LogP contribution < -0.4 is 16.0 Å². The quantitative estimate of drug-likeness (QED) is 0.0545. The number of amides is 6. The van der Waals surface area contributed by atoms with Crippen molar-refractivity contribution in [3.63, 3.8) is 0 Å². The van der Waals surface area contributed by atoms with Crippen LogP contribution in [0.5, 0.6) is 0 Å². The third-order valence-electron chi connectivity index (χ3n) is 8.39. The Balaban J connectivity index is 1.43. The van der Waals surface area contributed by atoms with Gasteiger partial charge in [0.15, 0.2) is 0 Å². The van der Waals surface area contributed by atoms with Crippen LogP contribution in [0.2, 0.25) is 0 Å². The Bertz CT molecular complexity index is 1450. The van der Waals surface area contributed by atoms with Crippen LogP contribution in [0.3, 0.4) is 0 Å². The van der Waals surface area contributed by atoms with Crippen LogP contribution >= 0.6 is 0 Å². The molecule has 0 aliphatic carbocycles. The minimum Gasteiger partial charge on any atom is -0.481 e. The number of esters is 1. The number of imidazole rings is 1. The number of piperazine rings is 1. The van der Waals surface area contributed by atoms with Crippen LogP contribution in [-0.2, 0) is 44.7 Å². The van der Waals surface area contributed by atoms with Crippen LogP contribution in [-0.4, -0.2) is 152 Å². The number of nitrogens with zero attached hydrogens (tertiary/aromatic N) is 5. The van der Waals surface area contributed by atoms with Gasteiger partial charge in [-0.1, -0.05) is 5.18 Å². The Morgan fingerprint density at radius 1 is 1.04 bits per heavy atom. The predicted molar refractivity (Wildman–Crippen MR) is 161 cm³/mol. The highest BCUT2D eigenvalue weighted by Gasteiger charge is 2.46. The fourth-order valence-electron chi connectivity index (χ4n) is 5.86. The second-order valence-corrected chi connectivity index (χ2v) is 11.6. The second-order valence-electron chi connectivity index (χ2n) is 11.6. The zero-order valence-electron chi connectivity index (χ0n) is 26.2. The first kappa shape index (κ1) is 36.4. The molecule has 4 rings (SSSR count). The largest absolute Gasteiger partial charge is 0.481 e. The molecule has 3 aliphatic heterocycles. The number of cyclic esters (lactones) is 1. The van der Waals surface area contributed by atoms with Crippen LogP contribution in [0.1, 0.15) is 37.8 Å². The minimum absolute atomic E-state index is 0.0114. The van der Waals surface area contributed by atoms with Crippen molar-refractivity contribution < 1.29 is 53.3 Å². The monoisotopic (exact) mass is 691 g/mol. The molecule has 6 amide bonds. The van der Waals surface area contributed by atoms with E-state index in [1.807, 2.05) is 0 Å². The summed E-state index contributed by atoms with van der Waals surface area (Å²) >= 11 is 0. The molecule has 0 bridgehead atoms. The molecule has 4 heterocycles. The maximum absolute atomic E-state index is 13.6. The van der Waals surface area contributed by atoms with Gasteiger partial charge in [0.25, 0.3) is 5.91 Å². The molecule has 3 fully saturated rings. The van der Waals surface area contributed by atoms with Gasteiger partial charge in [-0.25, -0.2) is 19.5 Å². The van der Waals surface area contributed by atoms with E-state index >= 15 is 0 Å². The highest BCUT2D eigenvalue weighted by molar-refractivity contribution is 6.07. The van der Waals surface area contributed by atoms with Crippen molar-refractivity contribution in [3.8, 4) is 0 Å². The van der Waals surface area contributed by atoms with Gasteiger partial charge in [-0.05, 0) is 6.42 Å². The molecule has 266 valence electrons. The van der Waals surface area contributed by atoms with Gasteiger partial charge < -0.3 is 40.8 Å². The number of H-pyrrole nitrogens is 1. The maximum atomic E-state index is 13.6. The van der Waals surface area contributed by atoms with Crippen LogP contribution in [0, 0.1) is 4.91 Å². The van der Waals surface area contributed by atoms with E-state index in [0.29, 0.717) is 10.6 Å². The van der Waals surface area contributed by atoms with E-state index in [2.05, 4.69) is 31.1 Å². The number of carboxylic acid groups (broad SMARTS) is 2. The van der Waals surface area contributed by atoms with Gasteiger partial charge in [-0.3, -0.25) is 33.7 Å². The third-order valence-corrected chi connectivity index (χ3v) is 8.39. The Kier molecular flexibility index (Phi) is 12.3. The number of aromatic amines is 1. The fraction of sp³-hybridized carbons (Fsp3) is 0.607. The Morgan fingerprint density at radius 3 is 2.37 bits per heavy atom. The standard InChI is InChI=1S/C28H37N9O12/c38-21(39)2-1-16-25(44)37(28(47)34-16)19(3-5-31-48)26(45)36-8-6-35(7-9-36)20(12-22(40)41)24(43)33-18(11-15-13-29-14-30-15)23(42)32-17-4-10-49-27(17)46/h13-14,16-20H,1-12H2,(H,29,30)(H,32,42)(H,33,43)(H,34,47)(H,38,39)(H,40,41)/t16-,17?,18-,19+,20-/m1/s1. The zero-order chi connectivity index (χ0) is 35.7. The maximum Gasteiger partial charge on any atom is 0.328 e. The molecular weight excluding hydrogens is 654 g/mol. The molecule has 49 heavy (non-hydrogen) atoms. The average Bonchev–Trinajstić information content (AvgIpc) is 3.80. The molecule has 0 aromatic carbocycles. The molecule has 3 saturated heterocycles. The highest BCUT2D eigenvalue weighted by Crippen LogP contribution is 2.20. The van der Waals surface area contributed by atoms with E-state index in [4.69, 9.17) is 9.84 Å². The number of carboxylic acids is 2. The second kappa shape index (κ2) is 16.6. The average molecular weight is 692 g/mol. The van der Waals surface area contributed by atoms with Gasteiger partial charge >= 0.3 is 23.9 Å². The number of carbonyl (C=O) groups excluding carboxylic acids is 6. The summed E-state index contributed by atoms with van der Waals surface area (Å²) in [6.07, 6.45) is 1.46. The van der Waals surface area contributed by atoms with E-state index < -0.39 is 97.2 Å². The van der Waals surface area contributed by atoms with Crippen molar-refractivity contribution >= 4 is 47.6 Å². The Labute approximate surface area is 278 Å². The van der Waals surface area contributed by atoms with E-state index in [1.165, 1.54) is 22.3 Å². The predicted octanol–water partition coefficient (Wildman–Crippen LogP) is -2.83. The molecule has 6 N–H and O–H groups in total. The zero-order valence-corrected chi connectivity index (χ0v) is 26.2. The van der Waals surface area contributed by atoms with Gasteiger partial charge in [-0.15, -0.1) is 0 Å². The van der Waals surface area contributed by atoms with Crippen LogP contribution in [0.15, 0.2) is 17.7 Å². The van der Waals surface area contributed by atoms with Crippen LogP contribution in [0.4, 0.5) is 4.79 Å². The molecule has 1 aromatic rings. The number of ether oxygens (including phenoxy) is 1. The number of imide groups is 1. The van der Waals surface area contributed by atoms with Gasteiger partial charge in [0.2, 0.25) is 17.7 Å². The SMILES string of the molecule is O=NCC[C@@H](C(=O)N1CCN([C@H](CC(=O)O)C(=O)N[C@H](Cc2cnc[nH]2)C(=O)NC2CCOC2=O)CC1)N1C(=O)N[C@H](CCC(=O)O)C1=O. The summed E-state index contributed by atoms with van der Waals surface area (Å²) < 4.78 is 4.88. The van der Waals surface area contributed by atoms with Crippen LogP contribution in [0.25, 0.3) is 0 Å². The number of aromatic nitrogens is 2. The molecule has 21 nitrogen and oxygen atoms in total. The molecule has 1 aromatic heterocycles. The molecule has 1 unspecified atom stereocenters. The summed E-state index contributed by atoms with van der Waals surface area (Å²) in [5.74, 6) is -6.10. The first-order chi connectivity index (χ1) is 23.4. The number of hydrogen-bond acceptors (Lipinski definition) is 13. The van der Waals surface area contributed by atoms with Crippen molar-refractivity contribution in [3.05, 3.63) is 23.1 Å². The topological polar surface area (TPSA) is 290 Å². The first-order valence-corrected chi connectivity index (χ1v) is 15.5. The summed E-state index contributed by atoms with van der Waals surface area (Å²) in [5, 5.41) is 28.8. The van der Waals surface area contributed by atoms with E-state index in [9.17, 15) is 48.4 Å². The number of hydrogen-bond donors (Lipinski definition) is 6. The lowest BCUT2D eigenvalue weighted by atomic mass is 10.1. The number of aliphatic carboxylic acids is 2. The Hall–Kier alpha value is -5.47. The van der Waals surface area contributed by atoms with Crippen molar-refractivity contribution in [2.75, 3.05) is 39.3 Å². The molecule has 21 heteroatoms. The number of rotatable bonds is 17. The smallest absolute Gasteiger partial charge is 0.328 e. The lowest BCUT2D eigenvalue weighted by Gasteiger charge is -2.40. The van der Waals surface area contributed by atoms with Crippen molar-refractivity contribution in [1.29, 1.82) is 0 Å². The van der Waals surface area contributed by atoms with Crippen molar-refractivity contribution in [2.24, 2.45) is 5.18 Å². The first-order valence-electron chi connectivity index (χ1n) is 15.5. The van der Waals surface area contributed by atoms with E-state index in [1.54, 1.807) is 0 Å². The summed E-state index contributed by atoms with van der Waals surface area (Å²) in [6, 6.07) is -6.90. The summed E-state index contributed by atoms with van der Waals surface area (Å²) in [7, 11) is 0. The Morgan fingerprint density at radius 2 is 1.78 bits per heavy atom. The number of nitrogens with one attached hydrogen (secondary N) is 4.